The molecule has 0 amide bonds. The van der Waals surface area contributed by atoms with Crippen molar-refractivity contribution in [2.75, 3.05) is 59.4 Å². The van der Waals surface area contributed by atoms with Crippen molar-refractivity contribution in [1.29, 1.82) is 1.45 Å². The molecule has 4 aliphatic rings. The highest BCUT2D eigenvalue weighted by molar-refractivity contribution is 5.42. The molecular formula is C40H65FN6O4. The minimum Gasteiger partial charge on any atom is -0.317 e. The maximum atomic E-state index is 11.1. The van der Waals surface area contributed by atoms with Crippen molar-refractivity contribution in [3.8, 4) is 0 Å². The van der Waals surface area contributed by atoms with Crippen molar-refractivity contribution in [3.05, 3.63) is 78.9 Å². The summed E-state index contributed by atoms with van der Waals surface area (Å²) in [6.45, 7) is 13.9. The Hall–Kier alpha value is -2.99. The lowest BCUT2D eigenvalue weighted by molar-refractivity contribution is -0.385. The SMILES string of the molecule is C.CCCN(CC1CCN(C)CC1)C1CCc2ccc([N+](=O)[O-])cc2C1.CCCN(CC1CCNCC1)C1CCc2ccc([N+](=O)[O-])cc2C1.[3H]F. The van der Waals surface area contributed by atoms with Gasteiger partial charge in [0, 0.05) is 49.4 Å². The van der Waals surface area contributed by atoms with Crippen LogP contribution in [0, 0.1) is 32.1 Å². The molecule has 0 saturated carbocycles. The summed E-state index contributed by atoms with van der Waals surface area (Å²) < 4.78 is 13.0. The van der Waals surface area contributed by atoms with Crippen molar-refractivity contribution >= 4 is 11.4 Å². The highest BCUT2D eigenvalue weighted by Gasteiger charge is 2.29. The molecule has 10 nitrogen and oxygen atoms in total. The molecule has 0 aromatic heterocycles. The maximum Gasteiger partial charge on any atom is 0.269 e. The van der Waals surface area contributed by atoms with Gasteiger partial charge in [-0.25, -0.2) is 0 Å². The zero-order valence-corrected chi connectivity index (χ0v) is 30.7. The van der Waals surface area contributed by atoms with Gasteiger partial charge in [-0.05, 0) is 157 Å². The fraction of sp³-hybridized carbons (Fsp3) is 0.700. The van der Waals surface area contributed by atoms with Crippen LogP contribution in [0.5, 0.6) is 0 Å². The highest BCUT2D eigenvalue weighted by Crippen LogP contribution is 2.31. The van der Waals surface area contributed by atoms with Gasteiger partial charge >= 0.3 is 0 Å². The van der Waals surface area contributed by atoms with E-state index in [4.69, 9.17) is 4.72 Å². The summed E-state index contributed by atoms with van der Waals surface area (Å²) in [5, 5.41) is 25.6. The molecular weight excluding hydrogens is 647 g/mol. The second-order valence-electron chi connectivity index (χ2n) is 15.1. The third-order valence-electron chi connectivity index (χ3n) is 11.5. The van der Waals surface area contributed by atoms with Gasteiger partial charge in [0.25, 0.3) is 12.8 Å². The fourth-order valence-electron chi connectivity index (χ4n) is 8.69. The Labute approximate surface area is 307 Å². The van der Waals surface area contributed by atoms with Gasteiger partial charge in [-0.2, -0.15) is 0 Å². The number of nitro groups is 2. The van der Waals surface area contributed by atoms with E-state index in [2.05, 4.69) is 42.4 Å². The summed E-state index contributed by atoms with van der Waals surface area (Å²) in [4.78, 5) is 29.4. The summed E-state index contributed by atoms with van der Waals surface area (Å²) in [5.41, 5.74) is 5.45. The number of likely N-dealkylation sites (tertiary alicyclic amines) is 1. The Kier molecular flexibility index (Phi) is 16.7. The summed E-state index contributed by atoms with van der Waals surface area (Å²) >= 11 is 0. The molecule has 0 radical (unpaired) electrons. The van der Waals surface area contributed by atoms with Gasteiger partial charge in [0.2, 0.25) is 0 Å². The van der Waals surface area contributed by atoms with Gasteiger partial charge in [0.1, 0.15) is 0 Å². The number of rotatable bonds is 12. The topological polar surface area (TPSA) is 108 Å². The van der Waals surface area contributed by atoms with Crippen LogP contribution >= 0.6 is 0 Å². The van der Waals surface area contributed by atoms with Crippen LogP contribution in [0.4, 0.5) is 16.1 Å². The van der Waals surface area contributed by atoms with E-state index >= 15 is 0 Å². The first kappa shape index (κ1) is 40.8. The fourth-order valence-corrected chi connectivity index (χ4v) is 8.69. The minimum atomic E-state index is -0.275. The minimum absolute atomic E-state index is 0. The quantitative estimate of drug-likeness (QED) is 0.178. The van der Waals surface area contributed by atoms with Gasteiger partial charge in [0.15, 0.2) is 0 Å². The molecule has 51 heavy (non-hydrogen) atoms. The van der Waals surface area contributed by atoms with Crippen LogP contribution in [0.2, 0.25) is 0 Å². The molecule has 1 N–H and O–H groups in total. The molecule has 0 spiro atoms. The number of non-ortho nitro benzene ring substituents is 2. The van der Waals surface area contributed by atoms with E-state index < -0.39 is 0 Å². The van der Waals surface area contributed by atoms with Crippen molar-refractivity contribution in [3.63, 3.8) is 0 Å². The molecule has 2 aliphatic heterocycles. The molecule has 2 aromatic carbocycles. The Morgan fingerprint density at radius 2 is 1.18 bits per heavy atom. The molecule has 2 aromatic rings. The highest BCUT2D eigenvalue weighted by atomic mass is 19.0. The molecule has 11 heteroatoms. The summed E-state index contributed by atoms with van der Waals surface area (Å²) in [7, 11) is 2.21. The number of halogens is 1. The van der Waals surface area contributed by atoms with E-state index in [9.17, 15) is 20.2 Å². The molecule has 2 heterocycles. The maximum absolute atomic E-state index is 11.1. The largest absolute Gasteiger partial charge is 0.317 e. The molecule has 2 saturated heterocycles. The summed E-state index contributed by atoms with van der Waals surface area (Å²) in [6.07, 6.45) is 13.9. The molecule has 2 aliphatic carbocycles. The first-order valence-electron chi connectivity index (χ1n) is 19.5. The van der Waals surface area contributed by atoms with E-state index in [1.165, 1.54) is 99.8 Å². The van der Waals surface area contributed by atoms with Crippen molar-refractivity contribution < 1.29 is 14.6 Å². The Balaban J connectivity index is 0.000000263. The van der Waals surface area contributed by atoms with Crippen LogP contribution in [0.3, 0.4) is 0 Å². The molecule has 0 bridgehead atoms. The lowest BCUT2D eigenvalue weighted by atomic mass is 9.86. The number of nitro benzene ring substituents is 2. The van der Waals surface area contributed by atoms with Crippen molar-refractivity contribution in [1.82, 2.24) is 20.0 Å². The van der Waals surface area contributed by atoms with E-state index in [1.54, 1.807) is 24.3 Å². The van der Waals surface area contributed by atoms with Crippen molar-refractivity contribution in [2.45, 2.75) is 110 Å². The van der Waals surface area contributed by atoms with E-state index in [0.717, 1.165) is 63.7 Å². The average molecular weight is 715 g/mol. The first-order valence-corrected chi connectivity index (χ1v) is 19.1. The van der Waals surface area contributed by atoms with Gasteiger partial charge < -0.3 is 10.2 Å². The lowest BCUT2D eigenvalue weighted by Gasteiger charge is -2.39. The number of aryl methyl sites for hydroxylation is 2. The van der Waals surface area contributed by atoms with Crippen LogP contribution in [-0.4, -0.2) is 97.5 Å². The van der Waals surface area contributed by atoms with E-state index in [1.807, 2.05) is 12.1 Å². The Bertz CT molecular complexity index is 1390. The van der Waals surface area contributed by atoms with Crippen LogP contribution in [0.25, 0.3) is 0 Å². The van der Waals surface area contributed by atoms with Crippen LogP contribution in [0.15, 0.2) is 36.4 Å². The van der Waals surface area contributed by atoms with Gasteiger partial charge in [0.05, 0.1) is 9.85 Å². The number of nitrogens with one attached hydrogen (secondary N) is 1. The molecule has 286 valence electrons. The van der Waals surface area contributed by atoms with E-state index in [0.29, 0.717) is 12.1 Å². The number of hydrogen-bond donors (Lipinski definition) is 1. The third-order valence-corrected chi connectivity index (χ3v) is 11.5. The lowest BCUT2D eigenvalue weighted by Crippen LogP contribution is -2.44. The zero-order valence-electron chi connectivity index (χ0n) is 31.7. The van der Waals surface area contributed by atoms with E-state index in [-0.39, 0.29) is 28.6 Å². The summed E-state index contributed by atoms with van der Waals surface area (Å²) in [6, 6.07) is 11.9. The third kappa shape index (κ3) is 12.0. The molecule has 6 rings (SSSR count). The van der Waals surface area contributed by atoms with Gasteiger partial charge in [-0.15, -0.1) is 0 Å². The van der Waals surface area contributed by atoms with Gasteiger partial charge in [-0.1, -0.05) is 33.4 Å². The Morgan fingerprint density at radius 3 is 1.59 bits per heavy atom. The Morgan fingerprint density at radius 1 is 0.745 bits per heavy atom. The number of nitrogens with zero attached hydrogens (tertiary/aromatic N) is 5. The van der Waals surface area contributed by atoms with Crippen LogP contribution < -0.4 is 5.32 Å². The van der Waals surface area contributed by atoms with Gasteiger partial charge in [-0.3, -0.25) is 34.7 Å². The standard InChI is InChI=1S/C20H31N3O2.C19H29N3O2.CH4.FH/c1-3-10-22(15-16-8-11-21(2)12-9-16)19-6-4-17-5-7-20(23(24)25)14-18(17)13-19;1-2-11-21(14-15-7-9-20-10-8-15)18-5-3-16-4-6-19(22(23)24)13-17(16)12-18;;/h5,7,14,16,19H,3-4,6,8-13,15H2,1-2H3;4,6,13,15,18,20H,2-3,5,7-12,14H2,1H3;1H4;1H/i/hT. The number of benzene rings is 2. The monoisotopic (exact) mass is 715 g/mol. The van der Waals surface area contributed by atoms with Crippen LogP contribution in [-0.2, 0) is 25.7 Å². The molecule has 2 fully saturated rings. The molecule has 2 atom stereocenters. The predicted molar refractivity (Wildman–Crippen MR) is 207 cm³/mol. The average Bonchev–Trinajstić information content (AvgIpc) is 3.16. The zero-order chi connectivity index (χ0) is 36.8. The number of piperidine rings is 2. The first-order chi connectivity index (χ1) is 24.7. The number of hydrogen-bond acceptors (Lipinski definition) is 8. The second-order valence-corrected chi connectivity index (χ2v) is 15.1. The molecule has 2 unspecified atom stereocenters. The smallest absolute Gasteiger partial charge is 0.269 e. The normalized spacial score (nSPS) is 21.2. The predicted octanol–water partition coefficient (Wildman–Crippen LogP) is 7.46. The number of fused-ring (bicyclic) bond motifs is 2. The van der Waals surface area contributed by atoms with Crippen molar-refractivity contribution in [2.24, 2.45) is 11.8 Å². The summed E-state index contributed by atoms with van der Waals surface area (Å²) in [5.74, 6) is 1.60. The van der Waals surface area contributed by atoms with Crippen LogP contribution in [0.1, 0.15) is 94.9 Å². The second kappa shape index (κ2) is 20.9.